The molecule has 4 aromatic rings. The van der Waals surface area contributed by atoms with Gasteiger partial charge in [0, 0.05) is 27.9 Å². The molecule has 0 aliphatic heterocycles. The van der Waals surface area contributed by atoms with Gasteiger partial charge in [-0.05, 0) is 54.3 Å². The van der Waals surface area contributed by atoms with Gasteiger partial charge in [0.1, 0.15) is 5.69 Å². The lowest BCUT2D eigenvalue weighted by atomic mass is 10.1. The first-order valence-electron chi connectivity index (χ1n) is 9.18. The summed E-state index contributed by atoms with van der Waals surface area (Å²) >= 11 is 6.82. The topological polar surface area (TPSA) is 93.0 Å². The van der Waals surface area contributed by atoms with Crippen molar-refractivity contribution in [3.05, 3.63) is 70.3 Å². The van der Waals surface area contributed by atoms with Crippen LogP contribution in [0.25, 0.3) is 33.9 Å². The lowest BCUT2D eigenvalue weighted by Gasteiger charge is -2.12. The van der Waals surface area contributed by atoms with Crippen LogP contribution < -0.4 is 0 Å². The Hall–Kier alpha value is -2.86. The van der Waals surface area contributed by atoms with Crippen molar-refractivity contribution in [3.63, 3.8) is 0 Å². The molecule has 0 amide bonds. The molecule has 4 rings (SSSR count). The number of pyridine rings is 1. The minimum absolute atomic E-state index is 0.0413. The molecule has 0 aliphatic rings. The molecule has 170 valence electrons. The minimum Gasteiger partial charge on any atom is -0.281 e. The van der Waals surface area contributed by atoms with E-state index in [4.69, 9.17) is 11.6 Å². The van der Waals surface area contributed by atoms with E-state index in [-0.39, 0.29) is 32.5 Å². The number of aromatic nitrogens is 3. The molecular weight excluding hydrogens is 499 g/mol. The number of nitrogens with zero attached hydrogens (tertiary/aromatic N) is 3. The smallest absolute Gasteiger partial charge is 0.281 e. The molecule has 33 heavy (non-hydrogen) atoms. The van der Waals surface area contributed by atoms with Gasteiger partial charge in [0.25, 0.3) is 0 Å². The van der Waals surface area contributed by atoms with E-state index in [1.807, 2.05) is 0 Å². The Morgan fingerprint density at radius 1 is 1.00 bits per heavy atom. The number of rotatable bonds is 4. The molecule has 1 aromatic carbocycles. The highest BCUT2D eigenvalue weighted by molar-refractivity contribution is 7.88. The van der Waals surface area contributed by atoms with Crippen molar-refractivity contribution < 1.29 is 26.1 Å². The van der Waals surface area contributed by atoms with Crippen molar-refractivity contribution in [1.29, 1.82) is 0 Å². The molecule has 0 radical (unpaired) electrons. The summed E-state index contributed by atoms with van der Waals surface area (Å²) in [4.78, 5) is 12.1. The summed E-state index contributed by atoms with van der Waals surface area (Å²) in [6.07, 6.45) is -3.43. The highest BCUT2D eigenvalue weighted by Gasteiger charge is 2.34. The van der Waals surface area contributed by atoms with E-state index in [0.717, 1.165) is 17.4 Å². The van der Waals surface area contributed by atoms with Gasteiger partial charge in [-0.2, -0.15) is 21.6 Å². The van der Waals surface area contributed by atoms with Crippen molar-refractivity contribution >= 4 is 33.1 Å². The number of benzene rings is 1. The van der Waals surface area contributed by atoms with Gasteiger partial charge in [0.15, 0.2) is 10.0 Å². The quantitative estimate of drug-likeness (QED) is 0.330. The van der Waals surface area contributed by atoms with E-state index in [2.05, 4.69) is 15.0 Å². The highest BCUT2D eigenvalue weighted by atomic mass is 35.5. The van der Waals surface area contributed by atoms with Crippen LogP contribution in [0.4, 0.5) is 13.2 Å². The fourth-order valence-electron chi connectivity index (χ4n) is 3.08. The number of hydrogen-bond acceptors (Lipinski definition) is 6. The maximum Gasteiger partial charge on any atom is 0.433 e. The maximum atomic E-state index is 13.6. The van der Waals surface area contributed by atoms with Gasteiger partial charge >= 0.3 is 16.3 Å². The van der Waals surface area contributed by atoms with Crippen molar-refractivity contribution in [2.75, 3.05) is 0 Å². The van der Waals surface area contributed by atoms with E-state index in [1.165, 1.54) is 29.8 Å². The Morgan fingerprint density at radius 2 is 1.76 bits per heavy atom. The number of aryl methyl sites for hydroxylation is 1. The summed E-state index contributed by atoms with van der Waals surface area (Å²) in [5, 5.41) is 1.92. The van der Waals surface area contributed by atoms with Crippen LogP contribution >= 0.6 is 22.9 Å². The monoisotopic (exact) mass is 511 g/mol. The zero-order chi connectivity index (χ0) is 24.0. The first-order valence-corrected chi connectivity index (χ1v) is 11.9. The molecule has 0 saturated heterocycles. The van der Waals surface area contributed by atoms with Crippen LogP contribution in [0.2, 0.25) is 5.02 Å². The van der Waals surface area contributed by atoms with Crippen molar-refractivity contribution in [2.45, 2.75) is 17.3 Å². The van der Waals surface area contributed by atoms with Crippen molar-refractivity contribution in [2.24, 2.45) is 0 Å². The Labute approximate surface area is 195 Å². The molecular formula is C21H13ClF3N3O3S2. The number of halogens is 4. The molecule has 12 heteroatoms. The van der Waals surface area contributed by atoms with E-state index in [0.29, 0.717) is 16.1 Å². The van der Waals surface area contributed by atoms with E-state index >= 15 is 0 Å². The molecule has 0 bridgehead atoms. The third kappa shape index (κ3) is 4.91. The van der Waals surface area contributed by atoms with Gasteiger partial charge in [0.05, 0.1) is 11.4 Å². The summed E-state index contributed by atoms with van der Waals surface area (Å²) in [5.41, 5.74) is 0.431. The lowest BCUT2D eigenvalue weighted by molar-refractivity contribution is -0.141. The van der Waals surface area contributed by atoms with Gasteiger partial charge < -0.3 is 0 Å². The average molecular weight is 512 g/mol. The van der Waals surface area contributed by atoms with E-state index < -0.39 is 22.0 Å². The van der Waals surface area contributed by atoms with Crippen LogP contribution in [-0.4, -0.2) is 27.9 Å². The Balaban J connectivity index is 1.88. The molecule has 0 aliphatic carbocycles. The first-order chi connectivity index (χ1) is 15.4. The van der Waals surface area contributed by atoms with Crippen LogP contribution in [0.3, 0.4) is 0 Å². The number of thiophene rings is 1. The van der Waals surface area contributed by atoms with Crippen LogP contribution in [-0.2, 0) is 16.3 Å². The standard InChI is InChI=1S/C21H13ClF3N3O3S2/c1-11-8-12(2-3-15(11)22)16-10-18(21(23,24)25)28-19(27-16)13-4-6-26-17(9-13)14-5-7-32-20(14)33(29,30)31/h2-10H,1H3,(H,29,30,31). The second kappa shape index (κ2) is 8.49. The predicted octanol–water partition coefficient (Wildman–Crippen LogP) is 6.16. The molecule has 0 spiro atoms. The number of alkyl halides is 3. The second-order valence-corrected chi connectivity index (χ2v) is 9.89. The van der Waals surface area contributed by atoms with Crippen LogP contribution in [0.15, 0.2) is 58.3 Å². The van der Waals surface area contributed by atoms with Crippen molar-refractivity contribution in [1.82, 2.24) is 15.0 Å². The Bertz CT molecular complexity index is 1470. The molecule has 6 nitrogen and oxygen atoms in total. The van der Waals surface area contributed by atoms with Gasteiger partial charge in [-0.1, -0.05) is 17.7 Å². The van der Waals surface area contributed by atoms with Gasteiger partial charge in [-0.25, -0.2) is 9.97 Å². The van der Waals surface area contributed by atoms with Crippen LogP contribution in [0, 0.1) is 6.92 Å². The molecule has 1 N–H and O–H groups in total. The number of hydrogen-bond donors (Lipinski definition) is 1. The minimum atomic E-state index is -4.73. The van der Waals surface area contributed by atoms with E-state index in [9.17, 15) is 26.1 Å². The van der Waals surface area contributed by atoms with Gasteiger partial charge in [-0.15, -0.1) is 11.3 Å². The zero-order valence-electron chi connectivity index (χ0n) is 16.6. The highest BCUT2D eigenvalue weighted by Crippen LogP contribution is 2.35. The van der Waals surface area contributed by atoms with Crippen LogP contribution in [0.1, 0.15) is 11.3 Å². The molecule has 3 heterocycles. The lowest BCUT2D eigenvalue weighted by Crippen LogP contribution is -2.10. The Morgan fingerprint density at radius 3 is 2.42 bits per heavy atom. The molecule has 3 aromatic heterocycles. The summed E-state index contributed by atoms with van der Waals surface area (Å²) in [7, 11) is -4.50. The fraction of sp³-hybridized carbons (Fsp3) is 0.0952. The third-order valence-electron chi connectivity index (χ3n) is 4.63. The van der Waals surface area contributed by atoms with Crippen molar-refractivity contribution in [3.8, 4) is 33.9 Å². The predicted molar refractivity (Wildman–Crippen MR) is 119 cm³/mol. The fourth-order valence-corrected chi connectivity index (χ4v) is 4.92. The summed E-state index contributed by atoms with van der Waals surface area (Å²) in [5.74, 6) is -0.222. The summed E-state index contributed by atoms with van der Waals surface area (Å²) < 4.78 is 73.1. The summed E-state index contributed by atoms with van der Waals surface area (Å²) in [6, 6.07) is 9.82. The van der Waals surface area contributed by atoms with Gasteiger partial charge in [0.2, 0.25) is 0 Å². The normalized spacial score (nSPS) is 12.2. The summed E-state index contributed by atoms with van der Waals surface area (Å²) in [6.45, 7) is 1.72. The second-order valence-electron chi connectivity index (χ2n) is 6.95. The SMILES string of the molecule is Cc1cc(-c2cc(C(F)(F)F)nc(-c3ccnc(-c4ccsc4S(=O)(=O)O)c3)n2)ccc1Cl. The van der Waals surface area contributed by atoms with E-state index in [1.54, 1.807) is 25.1 Å². The molecule has 0 fully saturated rings. The molecule has 0 atom stereocenters. The van der Waals surface area contributed by atoms with Crippen LogP contribution in [0.5, 0.6) is 0 Å². The Kier molecular flexibility index (Phi) is 5.99. The maximum absolute atomic E-state index is 13.6. The first kappa shape index (κ1) is 23.3. The zero-order valence-corrected chi connectivity index (χ0v) is 19.0. The molecule has 0 unspecified atom stereocenters. The molecule has 0 saturated carbocycles. The third-order valence-corrected chi connectivity index (χ3v) is 7.37. The van der Waals surface area contributed by atoms with Gasteiger partial charge in [-0.3, -0.25) is 9.54 Å². The largest absolute Gasteiger partial charge is 0.433 e. The average Bonchev–Trinajstić information content (AvgIpc) is 3.26.